The van der Waals surface area contributed by atoms with E-state index >= 15 is 0 Å². The van der Waals surface area contributed by atoms with E-state index in [0.29, 0.717) is 12.3 Å². The Labute approximate surface area is 85.5 Å². The van der Waals surface area contributed by atoms with Crippen molar-refractivity contribution in [2.45, 2.75) is 44.9 Å². The summed E-state index contributed by atoms with van der Waals surface area (Å²) in [5.41, 5.74) is 0. The third-order valence-corrected chi connectivity index (χ3v) is 2.81. The average molecular weight is 194 g/mol. The fraction of sp³-hybridized carbons (Fsp3) is 0.818. The summed E-state index contributed by atoms with van der Waals surface area (Å²) < 4.78 is 0. The Morgan fingerprint density at radius 1 is 1.29 bits per heavy atom. The monoisotopic (exact) mass is 194 g/mol. The minimum absolute atomic E-state index is 0.0402. The predicted octanol–water partition coefficient (Wildman–Crippen LogP) is 1.99. The number of nitrogens with zero attached hydrogens (tertiary/aromatic N) is 1. The maximum Gasteiger partial charge on any atom is 0.221 e. The number of amides is 1. The van der Waals surface area contributed by atoms with Gasteiger partial charge in [0.1, 0.15) is 6.54 Å². The van der Waals surface area contributed by atoms with E-state index < -0.39 is 0 Å². The van der Waals surface area contributed by atoms with Crippen LogP contribution in [0, 0.1) is 17.2 Å². The van der Waals surface area contributed by atoms with Gasteiger partial charge in [-0.2, -0.15) is 5.26 Å². The van der Waals surface area contributed by atoms with E-state index in [1.165, 1.54) is 38.5 Å². The molecule has 0 unspecified atom stereocenters. The maximum absolute atomic E-state index is 11.3. The van der Waals surface area contributed by atoms with Gasteiger partial charge in [-0.25, -0.2) is 0 Å². The summed E-state index contributed by atoms with van der Waals surface area (Å²) in [5.74, 6) is 0.592. The molecule has 0 aliphatic heterocycles. The van der Waals surface area contributed by atoms with Crippen LogP contribution in [-0.2, 0) is 4.79 Å². The summed E-state index contributed by atoms with van der Waals surface area (Å²) >= 11 is 0. The second kappa shape index (κ2) is 6.42. The molecule has 0 bridgehead atoms. The molecule has 14 heavy (non-hydrogen) atoms. The van der Waals surface area contributed by atoms with Crippen LogP contribution in [0.5, 0.6) is 0 Å². The third kappa shape index (κ3) is 4.27. The zero-order valence-corrected chi connectivity index (χ0v) is 8.59. The first-order valence-corrected chi connectivity index (χ1v) is 5.46. The van der Waals surface area contributed by atoms with Gasteiger partial charge in [-0.3, -0.25) is 4.79 Å². The van der Waals surface area contributed by atoms with E-state index in [9.17, 15) is 4.79 Å². The SMILES string of the molecule is N#CCNC(=O)CC1CCCCCC1. The molecule has 0 saturated heterocycles. The fourth-order valence-corrected chi connectivity index (χ4v) is 2.04. The molecule has 0 aromatic heterocycles. The molecular weight excluding hydrogens is 176 g/mol. The largest absolute Gasteiger partial charge is 0.343 e. The van der Waals surface area contributed by atoms with Gasteiger partial charge in [0, 0.05) is 6.42 Å². The highest BCUT2D eigenvalue weighted by Gasteiger charge is 2.15. The fourth-order valence-electron chi connectivity index (χ4n) is 2.04. The molecule has 0 radical (unpaired) electrons. The summed E-state index contributed by atoms with van der Waals surface area (Å²) in [4.78, 5) is 11.3. The number of rotatable bonds is 3. The summed E-state index contributed by atoms with van der Waals surface area (Å²) in [5, 5.41) is 10.9. The Kier molecular flexibility index (Phi) is 5.06. The molecule has 78 valence electrons. The lowest BCUT2D eigenvalue weighted by molar-refractivity contribution is -0.121. The molecule has 1 saturated carbocycles. The van der Waals surface area contributed by atoms with Crippen LogP contribution in [-0.4, -0.2) is 12.5 Å². The van der Waals surface area contributed by atoms with Crippen molar-refractivity contribution >= 4 is 5.91 Å². The Bertz CT molecular complexity index is 212. The van der Waals surface area contributed by atoms with Crippen LogP contribution in [0.2, 0.25) is 0 Å². The highest BCUT2D eigenvalue weighted by molar-refractivity contribution is 5.76. The zero-order valence-electron chi connectivity index (χ0n) is 8.59. The van der Waals surface area contributed by atoms with E-state index in [0.717, 1.165) is 0 Å². The van der Waals surface area contributed by atoms with Crippen LogP contribution < -0.4 is 5.32 Å². The van der Waals surface area contributed by atoms with E-state index in [1.807, 2.05) is 6.07 Å². The standard InChI is InChI=1S/C11H18N2O/c12-7-8-13-11(14)9-10-5-3-1-2-4-6-10/h10H,1-6,8-9H2,(H,13,14). The van der Waals surface area contributed by atoms with Crippen LogP contribution in [0.1, 0.15) is 44.9 Å². The lowest BCUT2D eigenvalue weighted by Crippen LogP contribution is -2.25. The molecule has 3 nitrogen and oxygen atoms in total. The van der Waals surface area contributed by atoms with Crippen molar-refractivity contribution < 1.29 is 4.79 Å². The molecule has 0 atom stereocenters. The smallest absolute Gasteiger partial charge is 0.221 e. The Balaban J connectivity index is 2.21. The van der Waals surface area contributed by atoms with Crippen molar-refractivity contribution in [1.82, 2.24) is 5.32 Å². The lowest BCUT2D eigenvalue weighted by Gasteiger charge is -2.12. The van der Waals surface area contributed by atoms with Gasteiger partial charge in [-0.15, -0.1) is 0 Å². The molecule has 1 rings (SSSR count). The van der Waals surface area contributed by atoms with Gasteiger partial charge in [0.05, 0.1) is 6.07 Å². The first-order chi connectivity index (χ1) is 6.83. The minimum Gasteiger partial charge on any atom is -0.343 e. The zero-order chi connectivity index (χ0) is 10.2. The normalized spacial score (nSPS) is 18.2. The number of nitrogens with one attached hydrogen (secondary N) is 1. The second-order valence-electron chi connectivity index (χ2n) is 4.00. The van der Waals surface area contributed by atoms with Crippen molar-refractivity contribution in [3.8, 4) is 6.07 Å². The van der Waals surface area contributed by atoms with Crippen LogP contribution in [0.15, 0.2) is 0 Å². The lowest BCUT2D eigenvalue weighted by atomic mass is 9.96. The Morgan fingerprint density at radius 2 is 1.93 bits per heavy atom. The summed E-state index contributed by atoms with van der Waals surface area (Å²) in [6.07, 6.45) is 8.13. The van der Waals surface area contributed by atoms with Crippen LogP contribution in [0.3, 0.4) is 0 Å². The molecular formula is C11H18N2O. The van der Waals surface area contributed by atoms with Crippen molar-refractivity contribution in [1.29, 1.82) is 5.26 Å². The van der Waals surface area contributed by atoms with E-state index in [-0.39, 0.29) is 12.5 Å². The van der Waals surface area contributed by atoms with Crippen LogP contribution >= 0.6 is 0 Å². The van der Waals surface area contributed by atoms with Crippen LogP contribution in [0.25, 0.3) is 0 Å². The molecule has 1 amide bonds. The molecule has 1 N–H and O–H groups in total. The number of carbonyl (C=O) groups excluding carboxylic acids is 1. The predicted molar refractivity (Wildman–Crippen MR) is 54.4 cm³/mol. The van der Waals surface area contributed by atoms with Crippen molar-refractivity contribution in [3.63, 3.8) is 0 Å². The topological polar surface area (TPSA) is 52.9 Å². The average Bonchev–Trinajstić information content (AvgIpc) is 2.43. The summed E-state index contributed by atoms with van der Waals surface area (Å²) in [6.45, 7) is 0.144. The van der Waals surface area contributed by atoms with Gasteiger partial charge in [0.15, 0.2) is 0 Å². The summed E-state index contributed by atoms with van der Waals surface area (Å²) in [7, 11) is 0. The van der Waals surface area contributed by atoms with Gasteiger partial charge in [-0.1, -0.05) is 25.7 Å². The molecule has 3 heteroatoms. The Morgan fingerprint density at radius 3 is 2.50 bits per heavy atom. The van der Waals surface area contributed by atoms with Crippen LogP contribution in [0.4, 0.5) is 0 Å². The van der Waals surface area contributed by atoms with Gasteiger partial charge in [0.2, 0.25) is 5.91 Å². The highest BCUT2D eigenvalue weighted by atomic mass is 16.1. The quantitative estimate of drug-likeness (QED) is 0.551. The number of nitriles is 1. The van der Waals surface area contributed by atoms with Gasteiger partial charge < -0.3 is 5.32 Å². The molecule has 0 aromatic rings. The molecule has 0 spiro atoms. The van der Waals surface area contributed by atoms with Crippen molar-refractivity contribution in [3.05, 3.63) is 0 Å². The van der Waals surface area contributed by atoms with Crippen molar-refractivity contribution in [2.24, 2.45) is 5.92 Å². The molecule has 1 fully saturated rings. The van der Waals surface area contributed by atoms with E-state index in [4.69, 9.17) is 5.26 Å². The molecule has 0 heterocycles. The number of carbonyl (C=O) groups is 1. The van der Waals surface area contributed by atoms with Gasteiger partial charge >= 0.3 is 0 Å². The molecule has 1 aliphatic carbocycles. The van der Waals surface area contributed by atoms with Gasteiger partial charge in [0.25, 0.3) is 0 Å². The highest BCUT2D eigenvalue weighted by Crippen LogP contribution is 2.25. The first-order valence-electron chi connectivity index (χ1n) is 5.46. The molecule has 1 aliphatic rings. The maximum atomic E-state index is 11.3. The van der Waals surface area contributed by atoms with E-state index in [2.05, 4.69) is 5.32 Å². The summed E-state index contributed by atoms with van der Waals surface area (Å²) in [6, 6.07) is 1.92. The number of hydrogen-bond donors (Lipinski definition) is 1. The van der Waals surface area contributed by atoms with Crippen molar-refractivity contribution in [2.75, 3.05) is 6.54 Å². The molecule has 0 aromatic carbocycles. The minimum atomic E-state index is 0.0402. The number of hydrogen-bond acceptors (Lipinski definition) is 2. The third-order valence-electron chi connectivity index (χ3n) is 2.81. The van der Waals surface area contributed by atoms with E-state index in [1.54, 1.807) is 0 Å². The second-order valence-corrected chi connectivity index (χ2v) is 4.00. The van der Waals surface area contributed by atoms with Gasteiger partial charge in [-0.05, 0) is 18.8 Å². The first kappa shape index (κ1) is 11.0. The Hall–Kier alpha value is -1.04.